The number of hydrogen-bond acceptors (Lipinski definition) is 4. The number of piperidine rings is 1. The standard InChI is InChI=1S/C19H23N3O2/c1-2-17(15-6-4-3-5-7-15)19(23)22-12-9-16(10-13-22)24-18-8-11-20-14-21-18/h3-8,11,14,16-17H,2,9-10,12-13H2,1H3. The minimum atomic E-state index is -0.0504. The van der Waals surface area contributed by atoms with Gasteiger partial charge in [-0.1, -0.05) is 37.3 Å². The fraction of sp³-hybridized carbons (Fsp3) is 0.421. The summed E-state index contributed by atoms with van der Waals surface area (Å²) < 4.78 is 5.87. The second-order valence-corrected chi connectivity index (χ2v) is 6.06. The van der Waals surface area contributed by atoms with Crippen molar-refractivity contribution in [3.63, 3.8) is 0 Å². The monoisotopic (exact) mass is 325 g/mol. The van der Waals surface area contributed by atoms with Gasteiger partial charge in [-0.3, -0.25) is 4.79 Å². The van der Waals surface area contributed by atoms with Crippen LogP contribution in [-0.4, -0.2) is 40.0 Å². The number of carbonyl (C=O) groups excluding carboxylic acids is 1. The van der Waals surface area contributed by atoms with Gasteiger partial charge in [-0.15, -0.1) is 0 Å². The first-order valence-electron chi connectivity index (χ1n) is 8.54. The van der Waals surface area contributed by atoms with E-state index < -0.39 is 0 Å². The van der Waals surface area contributed by atoms with E-state index >= 15 is 0 Å². The predicted octanol–water partition coefficient (Wildman–Crippen LogP) is 3.04. The van der Waals surface area contributed by atoms with Gasteiger partial charge in [0.25, 0.3) is 0 Å². The minimum Gasteiger partial charge on any atom is -0.474 e. The average molecular weight is 325 g/mol. The largest absolute Gasteiger partial charge is 0.474 e. The Morgan fingerprint density at radius 2 is 2.00 bits per heavy atom. The van der Waals surface area contributed by atoms with Gasteiger partial charge >= 0.3 is 0 Å². The topological polar surface area (TPSA) is 55.3 Å². The van der Waals surface area contributed by atoms with Crippen LogP contribution in [0.5, 0.6) is 5.88 Å². The van der Waals surface area contributed by atoms with Crippen LogP contribution in [-0.2, 0) is 4.79 Å². The Morgan fingerprint density at radius 1 is 1.25 bits per heavy atom. The van der Waals surface area contributed by atoms with E-state index in [4.69, 9.17) is 4.74 Å². The van der Waals surface area contributed by atoms with Gasteiger partial charge in [0.15, 0.2) is 0 Å². The maximum atomic E-state index is 12.9. The lowest BCUT2D eigenvalue weighted by Gasteiger charge is -2.34. The molecule has 0 saturated carbocycles. The first kappa shape index (κ1) is 16.4. The van der Waals surface area contributed by atoms with Crippen LogP contribution in [0.4, 0.5) is 0 Å². The van der Waals surface area contributed by atoms with Crippen LogP contribution in [0.3, 0.4) is 0 Å². The first-order valence-corrected chi connectivity index (χ1v) is 8.54. The summed E-state index contributed by atoms with van der Waals surface area (Å²) in [7, 11) is 0. The van der Waals surface area contributed by atoms with Gasteiger partial charge in [0.2, 0.25) is 11.8 Å². The Bertz CT molecular complexity index is 640. The van der Waals surface area contributed by atoms with Gasteiger partial charge in [0, 0.05) is 38.2 Å². The Hall–Kier alpha value is -2.43. The molecule has 0 radical (unpaired) electrons. The molecule has 1 atom stereocenters. The molecule has 2 heterocycles. The smallest absolute Gasteiger partial charge is 0.230 e. The number of nitrogens with zero attached hydrogens (tertiary/aromatic N) is 3. The summed E-state index contributed by atoms with van der Waals surface area (Å²) in [6, 6.07) is 11.8. The number of ether oxygens (including phenoxy) is 1. The summed E-state index contributed by atoms with van der Waals surface area (Å²) in [4.78, 5) is 22.8. The van der Waals surface area contributed by atoms with Crippen molar-refractivity contribution in [2.45, 2.75) is 38.2 Å². The van der Waals surface area contributed by atoms with Crippen LogP contribution in [0.2, 0.25) is 0 Å². The average Bonchev–Trinajstić information content (AvgIpc) is 2.65. The van der Waals surface area contributed by atoms with Crippen molar-refractivity contribution in [1.29, 1.82) is 0 Å². The lowest BCUT2D eigenvalue weighted by Crippen LogP contribution is -2.43. The Balaban J connectivity index is 1.56. The summed E-state index contributed by atoms with van der Waals surface area (Å²) in [5.74, 6) is 0.778. The fourth-order valence-electron chi connectivity index (χ4n) is 3.17. The van der Waals surface area contributed by atoms with Crippen molar-refractivity contribution in [3.8, 4) is 5.88 Å². The summed E-state index contributed by atoms with van der Waals surface area (Å²) in [5, 5.41) is 0. The zero-order valence-electron chi connectivity index (χ0n) is 14.0. The molecule has 126 valence electrons. The number of aromatic nitrogens is 2. The Morgan fingerprint density at radius 3 is 2.62 bits per heavy atom. The second-order valence-electron chi connectivity index (χ2n) is 6.06. The molecule has 1 unspecified atom stereocenters. The molecule has 1 saturated heterocycles. The summed E-state index contributed by atoms with van der Waals surface area (Å²) in [6.45, 7) is 3.54. The molecule has 1 fully saturated rings. The molecule has 0 bridgehead atoms. The Kier molecular flexibility index (Phi) is 5.41. The predicted molar refractivity (Wildman–Crippen MR) is 91.7 cm³/mol. The molecule has 2 aromatic rings. The zero-order valence-corrected chi connectivity index (χ0v) is 14.0. The molecule has 1 amide bonds. The number of benzene rings is 1. The van der Waals surface area contributed by atoms with E-state index in [-0.39, 0.29) is 17.9 Å². The highest BCUT2D eigenvalue weighted by Crippen LogP contribution is 2.25. The molecular formula is C19H23N3O2. The lowest BCUT2D eigenvalue weighted by molar-refractivity contribution is -0.134. The summed E-state index contributed by atoms with van der Waals surface area (Å²) in [6.07, 6.45) is 5.76. The van der Waals surface area contributed by atoms with Crippen molar-refractivity contribution in [2.75, 3.05) is 13.1 Å². The summed E-state index contributed by atoms with van der Waals surface area (Å²) in [5.41, 5.74) is 1.10. The highest BCUT2D eigenvalue weighted by Gasteiger charge is 2.29. The van der Waals surface area contributed by atoms with E-state index in [9.17, 15) is 4.79 Å². The molecule has 0 aliphatic carbocycles. The molecule has 5 nitrogen and oxygen atoms in total. The van der Waals surface area contributed by atoms with Crippen LogP contribution in [0.25, 0.3) is 0 Å². The molecule has 1 aromatic carbocycles. The molecular weight excluding hydrogens is 302 g/mol. The maximum absolute atomic E-state index is 12.9. The third-order valence-electron chi connectivity index (χ3n) is 4.50. The molecule has 1 aliphatic heterocycles. The van der Waals surface area contributed by atoms with E-state index in [1.807, 2.05) is 35.2 Å². The normalized spacial score (nSPS) is 16.6. The van der Waals surface area contributed by atoms with Crippen molar-refractivity contribution in [3.05, 3.63) is 54.5 Å². The fourth-order valence-corrected chi connectivity index (χ4v) is 3.17. The van der Waals surface area contributed by atoms with Gasteiger partial charge in [-0.05, 0) is 12.0 Å². The van der Waals surface area contributed by atoms with E-state index in [1.165, 1.54) is 6.33 Å². The highest BCUT2D eigenvalue weighted by molar-refractivity contribution is 5.83. The van der Waals surface area contributed by atoms with Crippen molar-refractivity contribution >= 4 is 5.91 Å². The number of rotatable bonds is 5. The third kappa shape index (κ3) is 3.91. The molecule has 24 heavy (non-hydrogen) atoms. The van der Waals surface area contributed by atoms with Gasteiger partial charge < -0.3 is 9.64 Å². The van der Waals surface area contributed by atoms with Gasteiger partial charge in [-0.2, -0.15) is 0 Å². The molecule has 3 rings (SSSR count). The second kappa shape index (κ2) is 7.90. The van der Waals surface area contributed by atoms with Crippen molar-refractivity contribution < 1.29 is 9.53 Å². The number of amides is 1. The van der Waals surface area contributed by atoms with Crippen molar-refractivity contribution in [1.82, 2.24) is 14.9 Å². The third-order valence-corrected chi connectivity index (χ3v) is 4.50. The van der Waals surface area contributed by atoms with E-state index in [2.05, 4.69) is 16.9 Å². The number of hydrogen-bond donors (Lipinski definition) is 0. The summed E-state index contributed by atoms with van der Waals surface area (Å²) >= 11 is 0. The van der Waals surface area contributed by atoms with Crippen LogP contribution < -0.4 is 4.74 Å². The number of carbonyl (C=O) groups is 1. The van der Waals surface area contributed by atoms with Crippen LogP contribution in [0, 0.1) is 0 Å². The van der Waals surface area contributed by atoms with E-state index in [0.717, 1.165) is 37.9 Å². The molecule has 1 aromatic heterocycles. The van der Waals surface area contributed by atoms with Gasteiger partial charge in [-0.25, -0.2) is 9.97 Å². The van der Waals surface area contributed by atoms with Crippen LogP contribution >= 0.6 is 0 Å². The minimum absolute atomic E-state index is 0.0504. The molecule has 0 spiro atoms. The van der Waals surface area contributed by atoms with Gasteiger partial charge in [0.05, 0.1) is 5.92 Å². The van der Waals surface area contributed by atoms with E-state index in [1.54, 1.807) is 12.3 Å². The van der Waals surface area contributed by atoms with E-state index in [0.29, 0.717) is 5.88 Å². The van der Waals surface area contributed by atoms with Crippen molar-refractivity contribution in [2.24, 2.45) is 0 Å². The number of likely N-dealkylation sites (tertiary alicyclic amines) is 1. The quantitative estimate of drug-likeness (QED) is 0.848. The first-order chi connectivity index (χ1) is 11.8. The van der Waals surface area contributed by atoms with Gasteiger partial charge in [0.1, 0.15) is 12.4 Å². The van der Waals surface area contributed by atoms with Crippen LogP contribution in [0.15, 0.2) is 48.9 Å². The Labute approximate surface area is 142 Å². The van der Waals surface area contributed by atoms with Crippen LogP contribution in [0.1, 0.15) is 37.7 Å². The zero-order chi connectivity index (χ0) is 16.8. The molecule has 0 N–H and O–H groups in total. The highest BCUT2D eigenvalue weighted by atomic mass is 16.5. The maximum Gasteiger partial charge on any atom is 0.230 e. The molecule has 5 heteroatoms. The molecule has 1 aliphatic rings. The SMILES string of the molecule is CCC(C(=O)N1CCC(Oc2ccncn2)CC1)c1ccccc1. The lowest BCUT2D eigenvalue weighted by atomic mass is 9.94.